The Labute approximate surface area is 94.4 Å². The Balaban J connectivity index is 2.15. The summed E-state index contributed by atoms with van der Waals surface area (Å²) in [5.41, 5.74) is 8.22. The number of hydrogen-bond donors (Lipinski definition) is 1. The van der Waals surface area contributed by atoms with E-state index in [0.717, 1.165) is 17.8 Å². The van der Waals surface area contributed by atoms with Crippen LogP contribution >= 0.6 is 0 Å². The first-order valence-electron chi connectivity index (χ1n) is 5.01. The molecule has 0 saturated carbocycles. The lowest BCUT2D eigenvalue weighted by Gasteiger charge is -1.98. The summed E-state index contributed by atoms with van der Waals surface area (Å²) in [6.45, 7) is 0.784. The van der Waals surface area contributed by atoms with Gasteiger partial charge in [0.2, 0.25) is 0 Å². The smallest absolute Gasteiger partial charge is 0.173 e. The second-order valence-corrected chi connectivity index (χ2v) is 3.61. The van der Waals surface area contributed by atoms with Crippen LogP contribution in [0.1, 0.15) is 11.1 Å². The molecule has 0 atom stereocenters. The summed E-state index contributed by atoms with van der Waals surface area (Å²) in [7, 11) is 0. The average molecular weight is 210 g/mol. The molecule has 0 aliphatic carbocycles. The lowest BCUT2D eigenvalue weighted by atomic mass is 10.1. The predicted molar refractivity (Wildman–Crippen MR) is 61.3 cm³/mol. The van der Waals surface area contributed by atoms with Gasteiger partial charge in [-0.3, -0.25) is 0 Å². The summed E-state index contributed by atoms with van der Waals surface area (Å²) in [5.74, 6) is 0. The van der Waals surface area contributed by atoms with Crippen molar-refractivity contribution in [3.05, 3.63) is 59.9 Å². The number of nitrogen functional groups attached to an aromatic ring is 1. The van der Waals surface area contributed by atoms with Gasteiger partial charge in [-0.1, -0.05) is 12.1 Å². The Bertz CT molecular complexity index is 506. The Morgan fingerprint density at radius 3 is 2.25 bits per heavy atom. The van der Waals surface area contributed by atoms with Crippen LogP contribution < -0.4 is 10.3 Å². The number of anilines is 1. The topological polar surface area (TPSA) is 53.7 Å². The minimum Gasteiger partial charge on any atom is -0.398 e. The zero-order valence-corrected chi connectivity index (χ0v) is 8.80. The van der Waals surface area contributed by atoms with Crippen molar-refractivity contribution in [2.75, 3.05) is 5.73 Å². The molecule has 0 aliphatic rings. The van der Waals surface area contributed by atoms with Crippen LogP contribution in [0.5, 0.6) is 0 Å². The number of nitrogens with zero attached hydrogens (tertiary/aromatic N) is 2. The van der Waals surface area contributed by atoms with E-state index in [1.807, 2.05) is 53.4 Å². The van der Waals surface area contributed by atoms with E-state index in [1.165, 1.54) is 0 Å². The molecule has 0 bridgehead atoms. The summed E-state index contributed by atoms with van der Waals surface area (Å²) in [6, 6.07) is 13.4. The van der Waals surface area contributed by atoms with Crippen molar-refractivity contribution in [3.63, 3.8) is 0 Å². The van der Waals surface area contributed by atoms with E-state index in [4.69, 9.17) is 11.0 Å². The zero-order valence-electron chi connectivity index (χ0n) is 8.80. The molecule has 0 aliphatic heterocycles. The van der Waals surface area contributed by atoms with Gasteiger partial charge >= 0.3 is 0 Å². The first kappa shape index (κ1) is 10.2. The maximum absolute atomic E-state index is 8.68. The first-order valence-corrected chi connectivity index (χ1v) is 5.01. The molecule has 0 saturated heterocycles. The van der Waals surface area contributed by atoms with Crippen LogP contribution in [0, 0.1) is 11.3 Å². The van der Waals surface area contributed by atoms with Gasteiger partial charge in [-0.05, 0) is 12.1 Å². The van der Waals surface area contributed by atoms with Gasteiger partial charge < -0.3 is 5.73 Å². The van der Waals surface area contributed by atoms with Gasteiger partial charge in [0.15, 0.2) is 18.9 Å². The van der Waals surface area contributed by atoms with E-state index >= 15 is 0 Å². The third kappa shape index (κ3) is 2.37. The highest BCUT2D eigenvalue weighted by atomic mass is 14.9. The third-order valence-corrected chi connectivity index (χ3v) is 2.37. The van der Waals surface area contributed by atoms with Gasteiger partial charge in [0, 0.05) is 23.4 Å². The Hall–Kier alpha value is -2.34. The normalized spacial score (nSPS) is 9.69. The zero-order chi connectivity index (χ0) is 11.4. The fraction of sp³-hybridized carbons (Fsp3) is 0.0769. The van der Waals surface area contributed by atoms with Gasteiger partial charge in [0.25, 0.3) is 0 Å². The van der Waals surface area contributed by atoms with E-state index in [0.29, 0.717) is 5.56 Å². The molecule has 0 fully saturated rings. The van der Waals surface area contributed by atoms with Crippen LogP contribution in [0.2, 0.25) is 0 Å². The maximum Gasteiger partial charge on any atom is 0.173 e. The van der Waals surface area contributed by atoms with Crippen molar-refractivity contribution in [1.29, 1.82) is 5.26 Å². The van der Waals surface area contributed by atoms with Crippen LogP contribution in [-0.4, -0.2) is 0 Å². The van der Waals surface area contributed by atoms with Gasteiger partial charge in [-0.15, -0.1) is 0 Å². The van der Waals surface area contributed by atoms with Crippen molar-refractivity contribution in [2.24, 2.45) is 0 Å². The summed E-state index contributed by atoms with van der Waals surface area (Å²) in [6.07, 6.45) is 3.88. The maximum atomic E-state index is 8.68. The summed E-state index contributed by atoms with van der Waals surface area (Å²) in [4.78, 5) is 0. The van der Waals surface area contributed by atoms with Gasteiger partial charge in [-0.25, -0.2) is 4.57 Å². The van der Waals surface area contributed by atoms with E-state index < -0.39 is 0 Å². The Morgan fingerprint density at radius 2 is 1.69 bits per heavy atom. The van der Waals surface area contributed by atoms with Crippen molar-refractivity contribution in [2.45, 2.75) is 6.54 Å². The molecule has 3 nitrogen and oxygen atoms in total. The molecule has 2 aromatic rings. The fourth-order valence-electron chi connectivity index (χ4n) is 1.47. The van der Waals surface area contributed by atoms with Crippen LogP contribution in [0.25, 0.3) is 0 Å². The number of aromatic nitrogens is 1. The molecular weight excluding hydrogens is 198 g/mol. The number of hydrogen-bond acceptors (Lipinski definition) is 2. The molecule has 0 amide bonds. The fourth-order valence-corrected chi connectivity index (χ4v) is 1.47. The van der Waals surface area contributed by atoms with Gasteiger partial charge in [0.1, 0.15) is 0 Å². The molecule has 3 heteroatoms. The monoisotopic (exact) mass is 210 g/mol. The van der Waals surface area contributed by atoms with Crippen LogP contribution in [0.3, 0.4) is 0 Å². The van der Waals surface area contributed by atoms with E-state index in [-0.39, 0.29) is 0 Å². The van der Waals surface area contributed by atoms with Crippen LogP contribution in [0.4, 0.5) is 5.69 Å². The highest BCUT2D eigenvalue weighted by molar-refractivity contribution is 5.33. The second-order valence-electron chi connectivity index (χ2n) is 3.61. The van der Waals surface area contributed by atoms with Crippen molar-refractivity contribution in [1.82, 2.24) is 0 Å². The standard InChI is InChI=1S/C13H11N3/c14-9-11-1-3-12(4-2-11)10-16-7-5-13(15)6-8-16/h1-8,15H,10H2/p+1. The van der Waals surface area contributed by atoms with Crippen molar-refractivity contribution >= 4 is 5.69 Å². The summed E-state index contributed by atoms with van der Waals surface area (Å²) in [5, 5.41) is 8.68. The number of nitrogens with two attached hydrogens (primary N) is 1. The molecule has 0 radical (unpaired) electrons. The average Bonchev–Trinajstić information content (AvgIpc) is 2.33. The van der Waals surface area contributed by atoms with E-state index in [2.05, 4.69) is 6.07 Å². The summed E-state index contributed by atoms with van der Waals surface area (Å²) >= 11 is 0. The molecular formula is C13H12N3+. The molecule has 0 unspecified atom stereocenters. The Morgan fingerprint density at radius 1 is 1.06 bits per heavy atom. The van der Waals surface area contributed by atoms with Crippen molar-refractivity contribution in [3.8, 4) is 6.07 Å². The molecule has 1 heterocycles. The number of nitriles is 1. The Kier molecular flexibility index (Phi) is 2.84. The van der Waals surface area contributed by atoms with Crippen LogP contribution in [-0.2, 0) is 6.54 Å². The van der Waals surface area contributed by atoms with Crippen molar-refractivity contribution < 1.29 is 4.57 Å². The first-order chi connectivity index (χ1) is 7.78. The number of rotatable bonds is 2. The van der Waals surface area contributed by atoms with Crippen LogP contribution in [0.15, 0.2) is 48.8 Å². The largest absolute Gasteiger partial charge is 0.398 e. The SMILES string of the molecule is N#Cc1ccc(C[n+]2ccc(N)cc2)cc1. The lowest BCUT2D eigenvalue weighted by molar-refractivity contribution is -0.688. The molecule has 1 aromatic carbocycles. The molecule has 1 aromatic heterocycles. The summed E-state index contributed by atoms with van der Waals surface area (Å²) < 4.78 is 2.04. The third-order valence-electron chi connectivity index (χ3n) is 2.37. The molecule has 2 N–H and O–H groups in total. The second kappa shape index (κ2) is 4.45. The van der Waals surface area contributed by atoms with E-state index in [1.54, 1.807) is 0 Å². The lowest BCUT2D eigenvalue weighted by Crippen LogP contribution is -2.33. The minimum atomic E-state index is 0.686. The van der Waals surface area contributed by atoms with Gasteiger partial charge in [-0.2, -0.15) is 5.26 Å². The number of pyridine rings is 1. The molecule has 0 spiro atoms. The quantitative estimate of drug-likeness (QED) is 0.763. The predicted octanol–water partition coefficient (Wildman–Crippen LogP) is 1.48. The highest BCUT2D eigenvalue weighted by Gasteiger charge is 2.01. The number of benzene rings is 1. The molecule has 78 valence electrons. The molecule has 2 rings (SSSR count). The minimum absolute atomic E-state index is 0.686. The van der Waals surface area contributed by atoms with E-state index in [9.17, 15) is 0 Å². The highest BCUT2D eigenvalue weighted by Crippen LogP contribution is 2.03. The molecule has 16 heavy (non-hydrogen) atoms. The van der Waals surface area contributed by atoms with Gasteiger partial charge in [0.05, 0.1) is 11.6 Å².